The second-order valence-corrected chi connectivity index (χ2v) is 8.62. The van der Waals surface area contributed by atoms with Crippen molar-refractivity contribution in [1.82, 2.24) is 14.7 Å². The van der Waals surface area contributed by atoms with Gasteiger partial charge in [0.05, 0.1) is 24.2 Å². The van der Waals surface area contributed by atoms with Gasteiger partial charge in [-0.05, 0) is 38.7 Å². The van der Waals surface area contributed by atoms with Gasteiger partial charge in [-0.2, -0.15) is 5.26 Å². The summed E-state index contributed by atoms with van der Waals surface area (Å²) in [4.78, 5) is 31.4. The lowest BCUT2D eigenvalue weighted by Crippen LogP contribution is -2.56. The topological polar surface area (TPSA) is 93.7 Å². The van der Waals surface area contributed by atoms with E-state index in [1.807, 2.05) is 4.90 Å². The quantitative estimate of drug-likeness (QED) is 0.808. The summed E-state index contributed by atoms with van der Waals surface area (Å²) in [7, 11) is 0. The van der Waals surface area contributed by atoms with Gasteiger partial charge in [0, 0.05) is 25.7 Å². The van der Waals surface area contributed by atoms with Crippen molar-refractivity contribution in [2.24, 2.45) is 5.73 Å². The average Bonchev–Trinajstić information content (AvgIpc) is 3.41. The van der Waals surface area contributed by atoms with E-state index in [1.54, 1.807) is 4.90 Å². The van der Waals surface area contributed by atoms with Gasteiger partial charge in [-0.25, -0.2) is 0 Å². The van der Waals surface area contributed by atoms with Gasteiger partial charge in [0.2, 0.25) is 11.8 Å². The number of fused-ring (bicyclic) bond motifs is 2. The van der Waals surface area contributed by atoms with Crippen LogP contribution in [0.2, 0.25) is 0 Å². The number of rotatable bonds is 5. The van der Waals surface area contributed by atoms with Gasteiger partial charge >= 0.3 is 0 Å². The van der Waals surface area contributed by atoms with Gasteiger partial charge in [0.15, 0.2) is 0 Å². The summed E-state index contributed by atoms with van der Waals surface area (Å²) in [5.74, 6) is -0.0424. The number of amides is 2. The van der Waals surface area contributed by atoms with Crippen LogP contribution in [0, 0.1) is 18.3 Å². The number of carbonyl (C=O) groups excluding carboxylic acids is 2. The first-order chi connectivity index (χ1) is 13.9. The molecule has 2 N–H and O–H groups in total. The highest BCUT2D eigenvalue weighted by atomic mass is 16.2. The van der Waals surface area contributed by atoms with Crippen LogP contribution in [0.5, 0.6) is 0 Å². The van der Waals surface area contributed by atoms with Crippen molar-refractivity contribution in [3.05, 3.63) is 35.4 Å². The zero-order valence-electron chi connectivity index (χ0n) is 17.1. The van der Waals surface area contributed by atoms with Gasteiger partial charge in [-0.15, -0.1) is 0 Å². The zero-order valence-corrected chi connectivity index (χ0v) is 17.1. The van der Waals surface area contributed by atoms with E-state index >= 15 is 0 Å². The minimum Gasteiger partial charge on any atom is -0.330 e. The highest BCUT2D eigenvalue weighted by molar-refractivity contribution is 5.87. The standard InChI is InChI=1S/C22H29N5O2/c1-14-5-7-16(8-6-14)15(2)27-18-10-20(22(27)29)25(12-18)13-19(24)21(28)26-9-3-4-17(26)11-23/h5-8,15,17-20H,3-4,9-10,12-13,24H2,1-2H3/t15-,17-,18?,19-,20-/m0/s1. The van der Waals surface area contributed by atoms with Crippen molar-refractivity contribution in [3.8, 4) is 6.07 Å². The van der Waals surface area contributed by atoms with E-state index in [0.717, 1.165) is 24.9 Å². The third kappa shape index (κ3) is 3.52. The molecule has 1 aromatic rings. The Bertz CT molecular complexity index is 833. The number of benzene rings is 1. The highest BCUT2D eigenvalue weighted by Crippen LogP contribution is 2.38. The number of carbonyl (C=O) groups is 2. The van der Waals surface area contributed by atoms with E-state index in [2.05, 4.69) is 49.1 Å². The number of hydrogen-bond acceptors (Lipinski definition) is 5. The molecule has 7 nitrogen and oxygen atoms in total. The largest absolute Gasteiger partial charge is 0.330 e. The second kappa shape index (κ2) is 7.77. The van der Waals surface area contributed by atoms with Crippen molar-refractivity contribution in [3.63, 3.8) is 0 Å². The molecule has 2 amide bonds. The first-order valence-electron chi connectivity index (χ1n) is 10.5. The third-order valence-corrected chi connectivity index (χ3v) is 6.72. The SMILES string of the molecule is Cc1ccc([C@H](C)N2C(=O)[C@@H]3CC2CN3C[C@H](N)C(=O)N2CCC[C@H]2C#N)cc1. The maximum Gasteiger partial charge on any atom is 0.241 e. The minimum atomic E-state index is -0.695. The number of nitriles is 1. The maximum absolute atomic E-state index is 13.1. The van der Waals surface area contributed by atoms with Crippen molar-refractivity contribution >= 4 is 11.8 Å². The van der Waals surface area contributed by atoms with Crippen LogP contribution in [-0.2, 0) is 9.59 Å². The molecule has 1 unspecified atom stereocenters. The molecule has 5 atom stereocenters. The van der Waals surface area contributed by atoms with Gasteiger partial charge in [0.25, 0.3) is 0 Å². The van der Waals surface area contributed by atoms with Crippen molar-refractivity contribution in [1.29, 1.82) is 5.26 Å². The molecule has 3 fully saturated rings. The summed E-state index contributed by atoms with van der Waals surface area (Å²) < 4.78 is 0. The number of nitrogens with two attached hydrogens (primary N) is 1. The monoisotopic (exact) mass is 395 g/mol. The Labute approximate surface area is 172 Å². The molecule has 3 heterocycles. The predicted molar refractivity (Wildman–Crippen MR) is 109 cm³/mol. The second-order valence-electron chi connectivity index (χ2n) is 8.62. The van der Waals surface area contributed by atoms with Crippen LogP contribution in [0.15, 0.2) is 24.3 Å². The Kier molecular flexibility index (Phi) is 5.32. The Morgan fingerprint density at radius 1 is 1.34 bits per heavy atom. The van der Waals surface area contributed by atoms with Crippen molar-refractivity contribution in [2.45, 2.75) is 63.3 Å². The molecule has 3 saturated heterocycles. The van der Waals surface area contributed by atoms with E-state index in [0.29, 0.717) is 19.5 Å². The third-order valence-electron chi connectivity index (χ3n) is 6.72. The molecule has 29 heavy (non-hydrogen) atoms. The van der Waals surface area contributed by atoms with Crippen LogP contribution in [0.4, 0.5) is 0 Å². The molecule has 3 aliphatic rings. The summed E-state index contributed by atoms with van der Waals surface area (Å²) in [6.07, 6.45) is 2.35. The molecule has 2 bridgehead atoms. The van der Waals surface area contributed by atoms with Gasteiger partial charge in [-0.3, -0.25) is 14.5 Å². The molecule has 0 spiro atoms. The van der Waals surface area contributed by atoms with Crippen LogP contribution in [0.25, 0.3) is 0 Å². The number of piperazine rings is 1. The van der Waals surface area contributed by atoms with Crippen LogP contribution < -0.4 is 5.73 Å². The molecule has 7 heteroatoms. The summed E-state index contributed by atoms with van der Waals surface area (Å²) in [5, 5.41) is 9.22. The van der Waals surface area contributed by atoms with Crippen molar-refractivity contribution in [2.75, 3.05) is 19.6 Å². The first kappa shape index (κ1) is 19.9. The van der Waals surface area contributed by atoms with Crippen molar-refractivity contribution < 1.29 is 9.59 Å². The van der Waals surface area contributed by atoms with Crippen LogP contribution in [0.3, 0.4) is 0 Å². The fraction of sp³-hybridized carbons (Fsp3) is 0.591. The molecular weight excluding hydrogens is 366 g/mol. The van der Waals surface area contributed by atoms with Gasteiger partial charge in [-0.1, -0.05) is 29.8 Å². The van der Waals surface area contributed by atoms with Crippen LogP contribution >= 0.6 is 0 Å². The summed E-state index contributed by atoms with van der Waals surface area (Å²) in [6, 6.07) is 9.47. The fourth-order valence-electron chi connectivity index (χ4n) is 5.11. The Hall–Kier alpha value is -2.43. The molecule has 0 aliphatic carbocycles. The maximum atomic E-state index is 13.1. The molecule has 3 aliphatic heterocycles. The lowest BCUT2D eigenvalue weighted by molar-refractivity contribution is -0.140. The predicted octanol–water partition coefficient (Wildman–Crippen LogP) is 1.18. The molecule has 4 rings (SSSR count). The zero-order chi connectivity index (χ0) is 20.7. The Morgan fingerprint density at radius 2 is 2.07 bits per heavy atom. The number of hydrogen-bond donors (Lipinski definition) is 1. The molecule has 0 saturated carbocycles. The van der Waals surface area contributed by atoms with Crippen LogP contribution in [-0.4, -0.2) is 70.3 Å². The molecular formula is C22H29N5O2. The smallest absolute Gasteiger partial charge is 0.241 e. The van der Waals surface area contributed by atoms with E-state index in [9.17, 15) is 14.9 Å². The van der Waals surface area contributed by atoms with E-state index in [1.165, 1.54) is 5.56 Å². The normalized spacial score (nSPS) is 28.6. The summed E-state index contributed by atoms with van der Waals surface area (Å²) >= 11 is 0. The Morgan fingerprint density at radius 3 is 2.72 bits per heavy atom. The molecule has 0 aromatic heterocycles. The molecule has 1 aromatic carbocycles. The number of nitrogens with zero attached hydrogens (tertiary/aromatic N) is 4. The minimum absolute atomic E-state index is 0.0385. The molecule has 154 valence electrons. The van der Waals surface area contributed by atoms with E-state index < -0.39 is 6.04 Å². The molecule has 0 radical (unpaired) electrons. The average molecular weight is 396 g/mol. The summed E-state index contributed by atoms with van der Waals surface area (Å²) in [5.41, 5.74) is 8.55. The van der Waals surface area contributed by atoms with Gasteiger partial charge < -0.3 is 15.5 Å². The fourth-order valence-corrected chi connectivity index (χ4v) is 5.11. The van der Waals surface area contributed by atoms with E-state index in [-0.39, 0.29) is 36.0 Å². The first-order valence-corrected chi connectivity index (χ1v) is 10.5. The lowest BCUT2D eigenvalue weighted by atomic mass is 10.0. The number of likely N-dealkylation sites (tertiary alicyclic amines) is 3. The van der Waals surface area contributed by atoms with Crippen LogP contribution in [0.1, 0.15) is 43.4 Å². The highest BCUT2D eigenvalue weighted by Gasteiger charge is 2.51. The lowest BCUT2D eigenvalue weighted by Gasteiger charge is -2.38. The van der Waals surface area contributed by atoms with E-state index in [4.69, 9.17) is 5.73 Å². The number of aryl methyl sites for hydroxylation is 1. The summed E-state index contributed by atoms with van der Waals surface area (Å²) in [6.45, 7) is 5.85. The van der Waals surface area contributed by atoms with Gasteiger partial charge in [0.1, 0.15) is 6.04 Å². The Balaban J connectivity index is 1.39.